The van der Waals surface area contributed by atoms with E-state index in [0.29, 0.717) is 0 Å². The number of hydrogen-bond donors (Lipinski definition) is 1. The molecule has 1 unspecified atom stereocenters. The van der Waals surface area contributed by atoms with Crippen LogP contribution in [-0.2, 0) is 9.53 Å². The van der Waals surface area contributed by atoms with Crippen molar-refractivity contribution >= 4 is 17.4 Å². The van der Waals surface area contributed by atoms with Crippen molar-refractivity contribution in [2.75, 3.05) is 0 Å². The first kappa shape index (κ1) is 17.5. The van der Waals surface area contributed by atoms with E-state index in [2.05, 4.69) is 9.97 Å². The Kier molecular flexibility index (Phi) is 5.50. The lowest BCUT2D eigenvalue weighted by Crippen LogP contribution is -2.31. The van der Waals surface area contributed by atoms with Crippen LogP contribution in [0, 0.1) is 15.5 Å². The van der Waals surface area contributed by atoms with Gasteiger partial charge >= 0.3 is 17.7 Å². The molecule has 0 fully saturated rings. The van der Waals surface area contributed by atoms with E-state index >= 15 is 0 Å². The minimum Gasteiger partial charge on any atom is -0.460 e. The van der Waals surface area contributed by atoms with Crippen LogP contribution in [0.5, 0.6) is 6.01 Å². The zero-order chi connectivity index (χ0) is 16.9. The maximum Gasteiger partial charge on any atom is 0.352 e. The average molecular weight is 310 g/mol. The van der Waals surface area contributed by atoms with Crippen LogP contribution in [0.4, 0.5) is 5.69 Å². The number of carbonyl (C=O) groups excluding carboxylic acids is 1. The highest BCUT2D eigenvalue weighted by Crippen LogP contribution is 2.13. The SMILES string of the molecule is CC(CC(=N)C(=O)OC(C)(C)C)Oc1ncc([N+](=O)[O-])cn1. The number of rotatable bonds is 6. The Morgan fingerprint density at radius 3 is 2.41 bits per heavy atom. The third kappa shape index (κ3) is 5.81. The van der Waals surface area contributed by atoms with Crippen molar-refractivity contribution in [3.05, 3.63) is 22.5 Å². The molecule has 0 saturated carbocycles. The number of ether oxygens (including phenoxy) is 2. The van der Waals surface area contributed by atoms with E-state index in [1.54, 1.807) is 27.7 Å². The zero-order valence-electron chi connectivity index (χ0n) is 12.8. The molecule has 0 aliphatic heterocycles. The van der Waals surface area contributed by atoms with Crippen molar-refractivity contribution in [1.29, 1.82) is 5.41 Å². The molecule has 1 aromatic heterocycles. The summed E-state index contributed by atoms with van der Waals surface area (Å²) >= 11 is 0. The molecule has 1 N–H and O–H groups in total. The van der Waals surface area contributed by atoms with Crippen LogP contribution in [0.15, 0.2) is 12.4 Å². The summed E-state index contributed by atoms with van der Waals surface area (Å²) in [5.74, 6) is -0.715. The van der Waals surface area contributed by atoms with Gasteiger partial charge in [0.25, 0.3) is 0 Å². The third-order valence-electron chi connectivity index (χ3n) is 2.27. The van der Waals surface area contributed by atoms with Gasteiger partial charge in [-0.1, -0.05) is 0 Å². The van der Waals surface area contributed by atoms with Gasteiger partial charge in [-0.05, 0) is 27.7 Å². The normalized spacial score (nSPS) is 12.4. The van der Waals surface area contributed by atoms with E-state index in [1.807, 2.05) is 0 Å². The van der Waals surface area contributed by atoms with Gasteiger partial charge in [-0.25, -0.2) is 4.79 Å². The molecular weight excluding hydrogens is 292 g/mol. The van der Waals surface area contributed by atoms with Crippen LogP contribution in [0.2, 0.25) is 0 Å². The predicted molar refractivity (Wildman–Crippen MR) is 77.0 cm³/mol. The summed E-state index contributed by atoms with van der Waals surface area (Å²) in [4.78, 5) is 28.9. The summed E-state index contributed by atoms with van der Waals surface area (Å²) < 4.78 is 10.4. The molecular formula is C13H18N4O5. The average Bonchev–Trinajstić information content (AvgIpc) is 2.37. The highest BCUT2D eigenvalue weighted by atomic mass is 16.6. The molecule has 22 heavy (non-hydrogen) atoms. The molecule has 0 aliphatic rings. The van der Waals surface area contributed by atoms with Crippen LogP contribution in [0.1, 0.15) is 34.1 Å². The third-order valence-corrected chi connectivity index (χ3v) is 2.27. The smallest absolute Gasteiger partial charge is 0.352 e. The molecule has 0 aromatic carbocycles. The maximum absolute atomic E-state index is 11.7. The molecule has 0 spiro atoms. The monoisotopic (exact) mass is 310 g/mol. The second-order valence-corrected chi connectivity index (χ2v) is 5.59. The summed E-state index contributed by atoms with van der Waals surface area (Å²) in [5.41, 5.74) is -1.15. The lowest BCUT2D eigenvalue weighted by Gasteiger charge is -2.20. The van der Waals surface area contributed by atoms with Crippen LogP contribution in [0.3, 0.4) is 0 Å². The molecule has 1 aromatic rings. The Morgan fingerprint density at radius 2 is 1.95 bits per heavy atom. The summed E-state index contributed by atoms with van der Waals surface area (Å²) in [6.45, 7) is 6.76. The number of carbonyl (C=O) groups is 1. The Labute approximate surface area is 127 Å². The van der Waals surface area contributed by atoms with Crippen molar-refractivity contribution in [1.82, 2.24) is 9.97 Å². The summed E-state index contributed by atoms with van der Waals surface area (Å²) in [6.07, 6.45) is 1.50. The Balaban J connectivity index is 2.55. The van der Waals surface area contributed by atoms with Gasteiger partial charge in [-0.15, -0.1) is 0 Å². The molecule has 1 heterocycles. The van der Waals surface area contributed by atoms with Crippen molar-refractivity contribution in [2.45, 2.75) is 45.8 Å². The fourth-order valence-corrected chi connectivity index (χ4v) is 1.40. The minimum absolute atomic E-state index is 0.00919. The van der Waals surface area contributed by atoms with Gasteiger partial charge in [0, 0.05) is 6.42 Å². The van der Waals surface area contributed by atoms with E-state index in [9.17, 15) is 14.9 Å². The van der Waals surface area contributed by atoms with Crippen molar-refractivity contribution in [2.24, 2.45) is 0 Å². The quantitative estimate of drug-likeness (QED) is 0.367. The van der Waals surface area contributed by atoms with E-state index in [0.717, 1.165) is 12.4 Å². The molecule has 1 atom stereocenters. The van der Waals surface area contributed by atoms with Crippen LogP contribution >= 0.6 is 0 Å². The van der Waals surface area contributed by atoms with Gasteiger partial charge in [0.05, 0.1) is 4.92 Å². The predicted octanol–water partition coefficient (Wildman–Crippen LogP) is 1.90. The van der Waals surface area contributed by atoms with Crippen molar-refractivity contribution in [3.63, 3.8) is 0 Å². The lowest BCUT2D eigenvalue weighted by atomic mass is 10.1. The summed E-state index contributed by atoms with van der Waals surface area (Å²) in [5, 5.41) is 18.2. The van der Waals surface area contributed by atoms with Crippen LogP contribution in [-0.4, -0.2) is 38.3 Å². The van der Waals surface area contributed by atoms with Gasteiger partial charge in [0.1, 0.15) is 29.8 Å². The Bertz CT molecular complexity index is 565. The first-order valence-corrected chi connectivity index (χ1v) is 6.52. The lowest BCUT2D eigenvalue weighted by molar-refractivity contribution is -0.385. The second-order valence-electron chi connectivity index (χ2n) is 5.59. The summed E-state index contributed by atoms with van der Waals surface area (Å²) in [6, 6.07) is -0.0601. The standard InChI is InChI=1S/C13H18N4O5/c1-8(5-10(14)11(18)22-13(2,3)4)21-12-15-6-9(7-16-12)17(19)20/h6-8,14H,5H2,1-4H3. The van der Waals surface area contributed by atoms with Crippen molar-refractivity contribution in [3.8, 4) is 6.01 Å². The number of nitrogens with zero attached hydrogens (tertiary/aromatic N) is 3. The highest BCUT2D eigenvalue weighted by molar-refractivity contribution is 6.35. The second kappa shape index (κ2) is 6.92. The fourth-order valence-electron chi connectivity index (χ4n) is 1.40. The number of nitro groups is 1. The number of esters is 1. The molecule has 120 valence electrons. The molecule has 9 nitrogen and oxygen atoms in total. The van der Waals surface area contributed by atoms with Gasteiger partial charge in [-0.2, -0.15) is 9.97 Å². The largest absolute Gasteiger partial charge is 0.460 e. The Hall–Kier alpha value is -2.58. The van der Waals surface area contributed by atoms with Crippen LogP contribution < -0.4 is 4.74 Å². The molecule has 1 rings (SSSR count). The molecule has 0 saturated heterocycles. The first-order valence-electron chi connectivity index (χ1n) is 6.52. The van der Waals surface area contributed by atoms with Gasteiger partial charge < -0.3 is 9.47 Å². The van der Waals surface area contributed by atoms with Crippen molar-refractivity contribution < 1.29 is 19.2 Å². The number of hydrogen-bond acceptors (Lipinski definition) is 8. The molecule has 0 bridgehead atoms. The van der Waals surface area contributed by atoms with Gasteiger partial charge in [-0.3, -0.25) is 15.5 Å². The van der Waals surface area contributed by atoms with Gasteiger partial charge in [0.2, 0.25) is 0 Å². The molecule has 9 heteroatoms. The highest BCUT2D eigenvalue weighted by Gasteiger charge is 2.22. The van der Waals surface area contributed by atoms with E-state index < -0.39 is 22.6 Å². The minimum atomic E-state index is -0.715. The van der Waals surface area contributed by atoms with E-state index in [-0.39, 0.29) is 23.8 Å². The summed E-state index contributed by atoms with van der Waals surface area (Å²) in [7, 11) is 0. The molecule has 0 amide bonds. The molecule has 0 radical (unpaired) electrons. The van der Waals surface area contributed by atoms with E-state index in [1.165, 1.54) is 0 Å². The Morgan fingerprint density at radius 1 is 1.41 bits per heavy atom. The van der Waals surface area contributed by atoms with E-state index in [4.69, 9.17) is 14.9 Å². The topological polar surface area (TPSA) is 128 Å². The number of aromatic nitrogens is 2. The fraction of sp³-hybridized carbons (Fsp3) is 0.538. The van der Waals surface area contributed by atoms with Gasteiger partial charge in [0.15, 0.2) is 0 Å². The first-order chi connectivity index (χ1) is 10.1. The zero-order valence-corrected chi connectivity index (χ0v) is 12.8. The molecule has 0 aliphatic carbocycles. The maximum atomic E-state index is 11.7. The number of nitrogens with one attached hydrogen (secondary N) is 1. The van der Waals surface area contributed by atoms with Crippen LogP contribution in [0.25, 0.3) is 0 Å².